The number of nitrogens with zero attached hydrogens (tertiary/aromatic N) is 2. The maximum atomic E-state index is 13.2. The SMILES string of the molecule is CCOC(=O)[C@@H]1CCCN(S(=O)(=O)c2ccc(-c3ccc(S(=O)(=O)N4CCC[C@H](C(=O)OCC)C4)cc3)cc2)C1. The summed E-state index contributed by atoms with van der Waals surface area (Å²) in [6.45, 7) is 4.82. The number of ether oxygens (including phenoxy) is 2. The first-order chi connectivity index (χ1) is 19.1. The lowest BCUT2D eigenvalue weighted by atomic mass is 10.0. The normalized spacial score (nSPS) is 21.1. The van der Waals surface area contributed by atoms with Crippen LogP contribution in [0.5, 0.6) is 0 Å². The number of carbonyl (C=O) groups is 2. The van der Waals surface area contributed by atoms with E-state index in [4.69, 9.17) is 9.47 Å². The van der Waals surface area contributed by atoms with Gasteiger partial charge < -0.3 is 9.47 Å². The predicted octanol–water partition coefficient (Wildman–Crippen LogP) is 3.28. The molecular formula is C28H36N2O8S2. The van der Waals surface area contributed by atoms with E-state index in [0.717, 1.165) is 11.1 Å². The molecule has 0 aromatic heterocycles. The Balaban J connectivity index is 1.45. The van der Waals surface area contributed by atoms with Crippen LogP contribution in [0, 0.1) is 11.8 Å². The van der Waals surface area contributed by atoms with E-state index in [1.165, 1.54) is 32.9 Å². The summed E-state index contributed by atoms with van der Waals surface area (Å²) >= 11 is 0. The molecule has 2 saturated heterocycles. The lowest BCUT2D eigenvalue weighted by molar-refractivity contribution is -0.150. The van der Waals surface area contributed by atoms with Gasteiger partial charge in [-0.05, 0) is 74.9 Å². The minimum atomic E-state index is -3.79. The Bertz CT molecular complexity index is 1300. The topological polar surface area (TPSA) is 127 Å². The van der Waals surface area contributed by atoms with Crippen LogP contribution >= 0.6 is 0 Å². The molecule has 40 heavy (non-hydrogen) atoms. The van der Waals surface area contributed by atoms with Gasteiger partial charge in [0.1, 0.15) is 0 Å². The van der Waals surface area contributed by atoms with Crippen molar-refractivity contribution >= 4 is 32.0 Å². The van der Waals surface area contributed by atoms with Gasteiger partial charge in [-0.15, -0.1) is 0 Å². The molecule has 0 N–H and O–H groups in total. The molecule has 0 saturated carbocycles. The molecule has 2 heterocycles. The highest BCUT2D eigenvalue weighted by Gasteiger charge is 2.35. The zero-order valence-corrected chi connectivity index (χ0v) is 24.5. The highest BCUT2D eigenvalue weighted by molar-refractivity contribution is 7.89. The molecule has 2 atom stereocenters. The number of piperidine rings is 2. The van der Waals surface area contributed by atoms with Gasteiger partial charge >= 0.3 is 11.9 Å². The highest BCUT2D eigenvalue weighted by atomic mass is 32.2. The second-order valence-corrected chi connectivity index (χ2v) is 13.8. The van der Waals surface area contributed by atoms with E-state index in [0.29, 0.717) is 38.8 Å². The summed E-state index contributed by atoms with van der Waals surface area (Å²) in [5.74, 6) is -1.69. The van der Waals surface area contributed by atoms with Crippen molar-refractivity contribution in [3.8, 4) is 11.1 Å². The monoisotopic (exact) mass is 592 g/mol. The van der Waals surface area contributed by atoms with Crippen LogP contribution in [0.25, 0.3) is 11.1 Å². The fraction of sp³-hybridized carbons (Fsp3) is 0.500. The molecule has 0 spiro atoms. The van der Waals surface area contributed by atoms with Gasteiger partial charge in [-0.25, -0.2) is 16.8 Å². The molecule has 0 bridgehead atoms. The second-order valence-electron chi connectivity index (χ2n) is 9.96. The first kappa shape index (κ1) is 30.2. The van der Waals surface area contributed by atoms with Gasteiger partial charge in [-0.2, -0.15) is 8.61 Å². The van der Waals surface area contributed by atoms with Gasteiger partial charge in [0.25, 0.3) is 0 Å². The summed E-state index contributed by atoms with van der Waals surface area (Å²) in [6, 6.07) is 12.8. The van der Waals surface area contributed by atoms with Crippen molar-refractivity contribution in [2.45, 2.75) is 49.3 Å². The third-order valence-electron chi connectivity index (χ3n) is 7.33. The van der Waals surface area contributed by atoms with Crippen molar-refractivity contribution in [1.29, 1.82) is 0 Å². The first-order valence-electron chi connectivity index (χ1n) is 13.6. The van der Waals surface area contributed by atoms with Crippen LogP contribution in [0.1, 0.15) is 39.5 Å². The zero-order valence-electron chi connectivity index (χ0n) is 22.8. The van der Waals surface area contributed by atoms with Gasteiger partial charge in [0, 0.05) is 26.2 Å². The van der Waals surface area contributed by atoms with E-state index in [2.05, 4.69) is 0 Å². The van der Waals surface area contributed by atoms with Crippen LogP contribution in [0.3, 0.4) is 0 Å². The lowest BCUT2D eigenvalue weighted by Crippen LogP contribution is -2.42. The lowest BCUT2D eigenvalue weighted by Gasteiger charge is -2.30. The van der Waals surface area contributed by atoms with Crippen molar-refractivity contribution < 1.29 is 35.9 Å². The Labute approximate surface area is 236 Å². The van der Waals surface area contributed by atoms with E-state index >= 15 is 0 Å². The number of hydrogen-bond acceptors (Lipinski definition) is 8. The first-order valence-corrected chi connectivity index (χ1v) is 16.5. The van der Waals surface area contributed by atoms with Crippen LogP contribution in [-0.2, 0) is 39.1 Å². The minimum absolute atomic E-state index is 0.0937. The molecule has 4 rings (SSSR count). The number of rotatable bonds is 9. The summed E-state index contributed by atoms with van der Waals surface area (Å²) in [4.78, 5) is 24.5. The van der Waals surface area contributed by atoms with Crippen molar-refractivity contribution in [2.75, 3.05) is 39.4 Å². The van der Waals surface area contributed by atoms with Crippen LogP contribution in [0.4, 0.5) is 0 Å². The molecule has 2 aromatic rings. The van der Waals surface area contributed by atoms with Gasteiger partial charge in [0.2, 0.25) is 20.0 Å². The highest BCUT2D eigenvalue weighted by Crippen LogP contribution is 2.29. The summed E-state index contributed by atoms with van der Waals surface area (Å²) < 4.78 is 65.8. The molecule has 2 aromatic carbocycles. The maximum absolute atomic E-state index is 13.2. The molecule has 2 fully saturated rings. The van der Waals surface area contributed by atoms with Crippen LogP contribution < -0.4 is 0 Å². The van der Waals surface area contributed by atoms with Gasteiger partial charge in [-0.1, -0.05) is 24.3 Å². The quantitative estimate of drug-likeness (QED) is 0.406. The molecule has 218 valence electrons. The van der Waals surface area contributed by atoms with Crippen LogP contribution in [-0.4, -0.2) is 76.8 Å². The minimum Gasteiger partial charge on any atom is -0.466 e. The van der Waals surface area contributed by atoms with E-state index < -0.39 is 31.9 Å². The van der Waals surface area contributed by atoms with Crippen molar-refractivity contribution in [2.24, 2.45) is 11.8 Å². The van der Waals surface area contributed by atoms with Crippen LogP contribution in [0.2, 0.25) is 0 Å². The van der Waals surface area contributed by atoms with Crippen molar-refractivity contribution in [3.05, 3.63) is 48.5 Å². The third kappa shape index (κ3) is 6.56. The summed E-state index contributed by atoms with van der Waals surface area (Å²) in [5, 5.41) is 0. The van der Waals surface area contributed by atoms with Gasteiger partial charge in [0.05, 0.1) is 34.8 Å². The van der Waals surface area contributed by atoms with Gasteiger partial charge in [0.15, 0.2) is 0 Å². The average Bonchev–Trinajstić information content (AvgIpc) is 2.97. The van der Waals surface area contributed by atoms with E-state index in [-0.39, 0.29) is 48.0 Å². The molecule has 0 aliphatic carbocycles. The number of benzene rings is 2. The standard InChI is InChI=1S/C28H36N2O8S2/c1-3-37-27(31)23-7-5-17-29(19-23)39(33,34)25-13-9-21(10-14-25)22-11-15-26(16-12-22)40(35,36)30-18-6-8-24(20-30)28(32)38-4-2/h9-16,23-24H,3-8,17-20H2,1-2H3/t23-,24+. The molecule has 0 radical (unpaired) electrons. The third-order valence-corrected chi connectivity index (χ3v) is 11.1. The molecule has 2 aliphatic rings. The number of carbonyl (C=O) groups excluding carboxylic acids is 2. The van der Waals surface area contributed by atoms with Gasteiger partial charge in [-0.3, -0.25) is 9.59 Å². The summed E-state index contributed by atoms with van der Waals surface area (Å²) in [7, 11) is -7.58. The Morgan fingerprint density at radius 1 is 0.675 bits per heavy atom. The van der Waals surface area contributed by atoms with E-state index in [9.17, 15) is 26.4 Å². The Kier molecular flexibility index (Phi) is 9.65. The molecule has 0 unspecified atom stereocenters. The van der Waals surface area contributed by atoms with Crippen molar-refractivity contribution in [3.63, 3.8) is 0 Å². The Morgan fingerprint density at radius 2 is 1.02 bits per heavy atom. The number of sulfonamides is 2. The van der Waals surface area contributed by atoms with Crippen molar-refractivity contribution in [1.82, 2.24) is 8.61 Å². The average molecular weight is 593 g/mol. The maximum Gasteiger partial charge on any atom is 0.310 e. The Morgan fingerprint density at radius 3 is 1.35 bits per heavy atom. The predicted molar refractivity (Wildman–Crippen MR) is 148 cm³/mol. The second kappa shape index (κ2) is 12.8. The summed E-state index contributed by atoms with van der Waals surface area (Å²) in [6.07, 6.45) is 2.35. The molecule has 0 amide bonds. The van der Waals surface area contributed by atoms with E-state index in [1.54, 1.807) is 38.1 Å². The molecule has 12 heteroatoms. The number of hydrogen-bond donors (Lipinski definition) is 0. The molecule has 2 aliphatic heterocycles. The zero-order chi connectivity index (χ0) is 28.9. The largest absolute Gasteiger partial charge is 0.466 e. The number of esters is 2. The fourth-order valence-electron chi connectivity index (χ4n) is 5.16. The fourth-order valence-corrected chi connectivity index (χ4v) is 8.21. The molecular weight excluding hydrogens is 556 g/mol. The molecule has 10 nitrogen and oxygen atoms in total. The smallest absolute Gasteiger partial charge is 0.310 e. The van der Waals surface area contributed by atoms with E-state index in [1.807, 2.05) is 0 Å². The van der Waals surface area contributed by atoms with Crippen LogP contribution in [0.15, 0.2) is 58.3 Å². The Hall–Kier alpha value is -2.80. The summed E-state index contributed by atoms with van der Waals surface area (Å²) in [5.41, 5.74) is 1.46.